The van der Waals surface area contributed by atoms with Gasteiger partial charge in [-0.1, -0.05) is 6.92 Å². The first-order valence-electron chi connectivity index (χ1n) is 5.78. The summed E-state index contributed by atoms with van der Waals surface area (Å²) in [4.78, 5) is 6.80. The second-order valence-electron chi connectivity index (χ2n) is 4.05. The predicted octanol–water partition coefficient (Wildman–Crippen LogP) is 2.11. The average molecular weight is 225 g/mol. The van der Waals surface area contributed by atoms with Crippen LogP contribution in [0.5, 0.6) is 0 Å². The number of nitrogens with one attached hydrogen (secondary N) is 1. The molecule has 3 nitrogen and oxygen atoms in total. The molecule has 1 aliphatic heterocycles. The number of hydrogen-bond acceptors (Lipinski definition) is 4. The van der Waals surface area contributed by atoms with E-state index >= 15 is 0 Å². The molecule has 1 aliphatic rings. The summed E-state index contributed by atoms with van der Waals surface area (Å²) >= 11 is 1.74. The van der Waals surface area contributed by atoms with Crippen LogP contribution in [0, 0.1) is 0 Å². The van der Waals surface area contributed by atoms with Gasteiger partial charge in [-0.2, -0.15) is 0 Å². The molecular formula is C11H19N3S. The Kier molecular flexibility index (Phi) is 3.97. The van der Waals surface area contributed by atoms with Gasteiger partial charge in [0, 0.05) is 30.7 Å². The molecule has 1 N–H and O–H groups in total. The minimum atomic E-state index is 0.667. The average Bonchev–Trinajstić information content (AvgIpc) is 2.89. The van der Waals surface area contributed by atoms with Gasteiger partial charge in [0.2, 0.25) is 0 Å². The first kappa shape index (κ1) is 10.9. The van der Waals surface area contributed by atoms with Crippen LogP contribution in [-0.2, 0) is 0 Å². The molecule has 1 aromatic rings. The van der Waals surface area contributed by atoms with Crippen molar-refractivity contribution in [3.05, 3.63) is 11.6 Å². The highest BCUT2D eigenvalue weighted by Crippen LogP contribution is 2.19. The number of rotatable bonds is 5. The van der Waals surface area contributed by atoms with Gasteiger partial charge in [-0.25, -0.2) is 4.98 Å². The zero-order valence-corrected chi connectivity index (χ0v) is 10.1. The van der Waals surface area contributed by atoms with Gasteiger partial charge in [-0.3, -0.25) is 0 Å². The van der Waals surface area contributed by atoms with Gasteiger partial charge in [-0.05, 0) is 25.8 Å². The second-order valence-corrected chi connectivity index (χ2v) is 4.93. The molecule has 0 spiro atoms. The quantitative estimate of drug-likeness (QED) is 0.832. The summed E-state index contributed by atoms with van der Waals surface area (Å²) in [5, 5.41) is 6.77. The Morgan fingerprint density at radius 2 is 2.60 bits per heavy atom. The number of nitrogens with zero attached hydrogens (tertiary/aromatic N) is 2. The molecule has 0 aliphatic carbocycles. The molecule has 1 atom stereocenters. The Balaban J connectivity index is 1.93. The summed E-state index contributed by atoms with van der Waals surface area (Å²) in [5.74, 6) is 0. The van der Waals surface area contributed by atoms with Crippen LogP contribution in [-0.4, -0.2) is 30.7 Å². The summed E-state index contributed by atoms with van der Waals surface area (Å²) in [7, 11) is 0. The molecule has 0 amide bonds. The molecule has 1 saturated heterocycles. The third-order valence-corrected chi connectivity index (χ3v) is 3.62. The van der Waals surface area contributed by atoms with Crippen LogP contribution in [0.1, 0.15) is 26.2 Å². The van der Waals surface area contributed by atoms with Gasteiger partial charge in [0.25, 0.3) is 0 Å². The van der Waals surface area contributed by atoms with Crippen molar-refractivity contribution in [3.8, 4) is 0 Å². The van der Waals surface area contributed by atoms with Crippen LogP contribution in [0.3, 0.4) is 0 Å². The van der Waals surface area contributed by atoms with Crippen molar-refractivity contribution in [2.75, 3.05) is 24.5 Å². The van der Waals surface area contributed by atoms with Gasteiger partial charge in [0.05, 0.1) is 0 Å². The maximum absolute atomic E-state index is 4.39. The smallest absolute Gasteiger partial charge is 0.185 e. The van der Waals surface area contributed by atoms with Crippen molar-refractivity contribution in [2.24, 2.45) is 0 Å². The minimum Gasteiger partial charge on any atom is -0.347 e. The van der Waals surface area contributed by atoms with E-state index in [1.807, 2.05) is 6.20 Å². The van der Waals surface area contributed by atoms with Gasteiger partial charge in [0.1, 0.15) is 0 Å². The van der Waals surface area contributed by atoms with Crippen LogP contribution in [0.25, 0.3) is 0 Å². The van der Waals surface area contributed by atoms with Crippen LogP contribution in [0.2, 0.25) is 0 Å². The number of thiazole rings is 1. The van der Waals surface area contributed by atoms with Gasteiger partial charge >= 0.3 is 0 Å². The van der Waals surface area contributed by atoms with E-state index in [4.69, 9.17) is 0 Å². The molecule has 84 valence electrons. The fraction of sp³-hybridized carbons (Fsp3) is 0.727. The molecule has 2 rings (SSSR count). The van der Waals surface area contributed by atoms with E-state index in [9.17, 15) is 0 Å². The van der Waals surface area contributed by atoms with E-state index in [-0.39, 0.29) is 0 Å². The van der Waals surface area contributed by atoms with Crippen molar-refractivity contribution >= 4 is 16.5 Å². The molecule has 0 saturated carbocycles. The highest BCUT2D eigenvalue weighted by Gasteiger charge is 2.18. The summed E-state index contributed by atoms with van der Waals surface area (Å²) in [5.41, 5.74) is 0. The monoisotopic (exact) mass is 225 g/mol. The molecule has 0 radical (unpaired) electrons. The molecule has 1 fully saturated rings. The molecule has 4 heteroatoms. The molecule has 15 heavy (non-hydrogen) atoms. The fourth-order valence-corrected chi connectivity index (χ4v) is 2.77. The lowest BCUT2D eigenvalue weighted by Crippen LogP contribution is -2.38. The van der Waals surface area contributed by atoms with Crippen LogP contribution in [0.4, 0.5) is 5.13 Å². The topological polar surface area (TPSA) is 28.2 Å². The molecule has 0 aromatic carbocycles. The molecule has 1 aromatic heterocycles. The Hall–Kier alpha value is -0.610. The largest absolute Gasteiger partial charge is 0.347 e. The van der Waals surface area contributed by atoms with E-state index in [2.05, 4.69) is 27.5 Å². The van der Waals surface area contributed by atoms with Crippen LogP contribution in [0.15, 0.2) is 11.6 Å². The second kappa shape index (κ2) is 5.47. The molecule has 2 heterocycles. The summed E-state index contributed by atoms with van der Waals surface area (Å²) in [6.07, 6.45) is 5.71. The van der Waals surface area contributed by atoms with Crippen LogP contribution >= 0.6 is 11.3 Å². The minimum absolute atomic E-state index is 0.667. The van der Waals surface area contributed by atoms with Crippen molar-refractivity contribution in [1.82, 2.24) is 10.3 Å². The molecule has 1 unspecified atom stereocenters. The predicted molar refractivity (Wildman–Crippen MR) is 65.6 cm³/mol. The highest BCUT2D eigenvalue weighted by molar-refractivity contribution is 7.13. The summed E-state index contributed by atoms with van der Waals surface area (Å²) in [6.45, 7) is 5.64. The summed E-state index contributed by atoms with van der Waals surface area (Å²) < 4.78 is 0. The maximum atomic E-state index is 4.39. The number of anilines is 1. The fourth-order valence-electron chi connectivity index (χ4n) is 2.09. The number of hydrogen-bond donors (Lipinski definition) is 1. The van der Waals surface area contributed by atoms with E-state index in [1.165, 1.54) is 30.9 Å². The van der Waals surface area contributed by atoms with Gasteiger partial charge in [0.15, 0.2) is 5.13 Å². The zero-order chi connectivity index (χ0) is 10.5. The highest BCUT2D eigenvalue weighted by atomic mass is 32.1. The van der Waals surface area contributed by atoms with Crippen molar-refractivity contribution in [2.45, 2.75) is 32.2 Å². The SMILES string of the molecule is CCCN(CC1CCCN1)c1nccs1. The van der Waals surface area contributed by atoms with E-state index in [1.54, 1.807) is 11.3 Å². The Morgan fingerprint density at radius 3 is 3.20 bits per heavy atom. The van der Waals surface area contributed by atoms with E-state index in [0.29, 0.717) is 6.04 Å². The van der Waals surface area contributed by atoms with Crippen molar-refractivity contribution in [3.63, 3.8) is 0 Å². The zero-order valence-electron chi connectivity index (χ0n) is 9.28. The third kappa shape index (κ3) is 2.92. The normalized spacial score (nSPS) is 20.7. The summed E-state index contributed by atoms with van der Waals surface area (Å²) in [6, 6.07) is 0.667. The van der Waals surface area contributed by atoms with Crippen molar-refractivity contribution in [1.29, 1.82) is 0 Å². The van der Waals surface area contributed by atoms with Crippen LogP contribution < -0.4 is 10.2 Å². The lowest BCUT2D eigenvalue weighted by molar-refractivity contribution is 0.578. The number of aromatic nitrogens is 1. The first-order valence-corrected chi connectivity index (χ1v) is 6.66. The molecule has 0 bridgehead atoms. The van der Waals surface area contributed by atoms with E-state index in [0.717, 1.165) is 13.1 Å². The van der Waals surface area contributed by atoms with Gasteiger partial charge in [-0.15, -0.1) is 11.3 Å². The lowest BCUT2D eigenvalue weighted by Gasteiger charge is -2.24. The van der Waals surface area contributed by atoms with Crippen molar-refractivity contribution < 1.29 is 0 Å². The Labute approximate surface area is 95.5 Å². The first-order chi connectivity index (χ1) is 7.40. The third-order valence-electron chi connectivity index (χ3n) is 2.79. The van der Waals surface area contributed by atoms with E-state index < -0.39 is 0 Å². The van der Waals surface area contributed by atoms with Gasteiger partial charge < -0.3 is 10.2 Å². The Bertz CT molecular complexity index is 267. The Morgan fingerprint density at radius 1 is 1.67 bits per heavy atom. The molecular weight excluding hydrogens is 206 g/mol. The lowest BCUT2D eigenvalue weighted by atomic mass is 10.2. The maximum Gasteiger partial charge on any atom is 0.185 e. The standard InChI is InChI=1S/C11H19N3S/c1-2-7-14(11-13-6-8-15-11)9-10-4-3-5-12-10/h6,8,10,12H,2-5,7,9H2,1H3.